The number of aromatic nitrogens is 2. The van der Waals surface area contributed by atoms with Crippen molar-refractivity contribution in [1.29, 1.82) is 0 Å². The van der Waals surface area contributed by atoms with Crippen molar-refractivity contribution in [2.24, 2.45) is 0 Å². The summed E-state index contributed by atoms with van der Waals surface area (Å²) in [5.74, 6) is 2.36. The van der Waals surface area contributed by atoms with E-state index in [1.54, 1.807) is 7.11 Å². The number of methoxy groups -OCH3 is 1. The van der Waals surface area contributed by atoms with Crippen molar-refractivity contribution in [1.82, 2.24) is 9.78 Å². The number of terminal acetylenes is 1. The monoisotopic (exact) mass is 329 g/mol. The molecule has 1 atom stereocenters. The van der Waals surface area contributed by atoms with Crippen LogP contribution in [0.2, 0.25) is 0 Å². The maximum absolute atomic E-state index is 11.9. The van der Waals surface area contributed by atoms with E-state index in [2.05, 4.69) is 32.3 Å². The fourth-order valence-electron chi connectivity index (χ4n) is 1.54. The minimum atomic E-state index is -0.303. The Balaban J connectivity index is 2.92. The predicted molar refractivity (Wildman–Crippen MR) is 76.0 cm³/mol. The van der Waals surface area contributed by atoms with Crippen LogP contribution in [0.15, 0.2) is 15.5 Å². The van der Waals surface area contributed by atoms with E-state index in [9.17, 15) is 4.79 Å². The summed E-state index contributed by atoms with van der Waals surface area (Å²) >= 11 is 3.22. The standard InChI is InChI=1S/C12H16BrN3O3/c1-3-5-16-12(18)11(13)10(7-14-16)15-9(4-6-17)8-19-2/h1,7,9,15,17H,4-6,8H2,2H3. The van der Waals surface area contributed by atoms with Crippen molar-refractivity contribution in [2.45, 2.75) is 19.0 Å². The van der Waals surface area contributed by atoms with E-state index >= 15 is 0 Å². The zero-order valence-corrected chi connectivity index (χ0v) is 12.2. The molecule has 0 spiro atoms. The van der Waals surface area contributed by atoms with Gasteiger partial charge in [0.2, 0.25) is 0 Å². The third-order valence-electron chi connectivity index (χ3n) is 2.43. The molecule has 0 aromatic carbocycles. The predicted octanol–water partition coefficient (Wildman–Crippen LogP) is 0.448. The Morgan fingerprint density at radius 3 is 3.05 bits per heavy atom. The van der Waals surface area contributed by atoms with E-state index in [4.69, 9.17) is 16.3 Å². The Labute approximate surface area is 119 Å². The smallest absolute Gasteiger partial charge is 0.284 e. The summed E-state index contributed by atoms with van der Waals surface area (Å²) in [7, 11) is 1.57. The molecular weight excluding hydrogens is 314 g/mol. The summed E-state index contributed by atoms with van der Waals surface area (Å²) in [5, 5.41) is 16.0. The van der Waals surface area contributed by atoms with Crippen LogP contribution in [-0.2, 0) is 11.3 Å². The molecule has 7 heteroatoms. The molecule has 1 aromatic heterocycles. The highest BCUT2D eigenvalue weighted by atomic mass is 79.9. The first-order valence-electron chi connectivity index (χ1n) is 5.69. The molecule has 2 N–H and O–H groups in total. The third-order valence-corrected chi connectivity index (χ3v) is 3.20. The number of hydrogen-bond donors (Lipinski definition) is 2. The molecule has 1 unspecified atom stereocenters. The van der Waals surface area contributed by atoms with Crippen LogP contribution in [0.3, 0.4) is 0 Å². The second-order valence-electron chi connectivity index (χ2n) is 3.85. The van der Waals surface area contributed by atoms with Gasteiger partial charge in [-0.3, -0.25) is 4.79 Å². The highest BCUT2D eigenvalue weighted by molar-refractivity contribution is 9.10. The molecule has 6 nitrogen and oxygen atoms in total. The normalized spacial score (nSPS) is 11.9. The molecule has 0 saturated heterocycles. The zero-order valence-electron chi connectivity index (χ0n) is 10.6. The van der Waals surface area contributed by atoms with Gasteiger partial charge >= 0.3 is 0 Å². The van der Waals surface area contributed by atoms with Gasteiger partial charge in [-0.05, 0) is 22.4 Å². The first kappa shape index (κ1) is 15.7. The van der Waals surface area contributed by atoms with E-state index in [1.165, 1.54) is 10.9 Å². The van der Waals surface area contributed by atoms with E-state index < -0.39 is 0 Å². The van der Waals surface area contributed by atoms with Crippen molar-refractivity contribution in [3.63, 3.8) is 0 Å². The summed E-state index contributed by atoms with van der Waals surface area (Å²) in [6, 6.07) is -0.101. The van der Waals surface area contributed by atoms with Gasteiger partial charge in [0.1, 0.15) is 11.0 Å². The number of rotatable bonds is 7. The molecule has 0 radical (unpaired) electrons. The van der Waals surface area contributed by atoms with Crippen molar-refractivity contribution in [3.05, 3.63) is 21.0 Å². The third kappa shape index (κ3) is 4.35. The first-order valence-corrected chi connectivity index (χ1v) is 6.48. The summed E-state index contributed by atoms with van der Waals surface area (Å²) in [5.41, 5.74) is 0.247. The minimum absolute atomic E-state index is 0.0280. The average Bonchev–Trinajstić information content (AvgIpc) is 2.39. The number of ether oxygens (including phenoxy) is 1. The van der Waals surface area contributed by atoms with Crippen LogP contribution in [0.25, 0.3) is 0 Å². The number of anilines is 1. The molecule has 19 heavy (non-hydrogen) atoms. The Bertz CT molecular complexity index is 504. The number of aliphatic hydroxyl groups excluding tert-OH is 1. The minimum Gasteiger partial charge on any atom is -0.396 e. The molecule has 0 bridgehead atoms. The Kier molecular flexibility index (Phi) is 6.56. The molecule has 0 aliphatic carbocycles. The Morgan fingerprint density at radius 1 is 1.74 bits per heavy atom. The number of hydrogen-bond acceptors (Lipinski definition) is 5. The molecular formula is C12H16BrN3O3. The van der Waals surface area contributed by atoms with E-state index in [0.717, 1.165) is 0 Å². The molecule has 0 aliphatic heterocycles. The fraction of sp³-hybridized carbons (Fsp3) is 0.500. The largest absolute Gasteiger partial charge is 0.396 e. The molecule has 0 aliphatic rings. The molecule has 1 rings (SSSR count). The van der Waals surface area contributed by atoms with Crippen LogP contribution in [0.5, 0.6) is 0 Å². The quantitative estimate of drug-likeness (QED) is 0.710. The van der Waals surface area contributed by atoms with Crippen LogP contribution in [0, 0.1) is 12.3 Å². The number of nitrogens with zero attached hydrogens (tertiary/aromatic N) is 2. The molecule has 1 heterocycles. The number of nitrogens with one attached hydrogen (secondary N) is 1. The molecule has 1 aromatic rings. The maximum atomic E-state index is 11.9. The van der Waals surface area contributed by atoms with E-state index in [0.29, 0.717) is 23.2 Å². The van der Waals surface area contributed by atoms with Gasteiger partial charge in [0.05, 0.1) is 24.5 Å². The highest BCUT2D eigenvalue weighted by Crippen LogP contribution is 2.17. The lowest BCUT2D eigenvalue weighted by atomic mass is 10.2. The van der Waals surface area contributed by atoms with Crippen LogP contribution in [0.4, 0.5) is 5.69 Å². The van der Waals surface area contributed by atoms with Crippen molar-refractivity contribution in [2.75, 3.05) is 25.6 Å². The van der Waals surface area contributed by atoms with E-state index in [1.807, 2.05) is 0 Å². The van der Waals surface area contributed by atoms with Crippen molar-refractivity contribution in [3.8, 4) is 12.3 Å². The topological polar surface area (TPSA) is 76.4 Å². The summed E-state index contributed by atoms with van der Waals surface area (Å²) in [6.45, 7) is 0.566. The zero-order chi connectivity index (χ0) is 14.3. The van der Waals surface area contributed by atoms with Crippen LogP contribution in [-0.4, -0.2) is 41.3 Å². The summed E-state index contributed by atoms with van der Waals surface area (Å²) in [4.78, 5) is 11.9. The second kappa shape index (κ2) is 7.94. The second-order valence-corrected chi connectivity index (χ2v) is 4.64. The number of aliphatic hydroxyl groups is 1. The van der Waals surface area contributed by atoms with Crippen LogP contribution in [0.1, 0.15) is 6.42 Å². The fourth-order valence-corrected chi connectivity index (χ4v) is 1.96. The maximum Gasteiger partial charge on any atom is 0.284 e. The van der Waals surface area contributed by atoms with E-state index in [-0.39, 0.29) is 24.8 Å². The van der Waals surface area contributed by atoms with Crippen molar-refractivity contribution < 1.29 is 9.84 Å². The lowest BCUT2D eigenvalue weighted by molar-refractivity contribution is 0.170. The van der Waals surface area contributed by atoms with Gasteiger partial charge < -0.3 is 15.2 Å². The van der Waals surface area contributed by atoms with Gasteiger partial charge in [0.15, 0.2) is 0 Å². The highest BCUT2D eigenvalue weighted by Gasteiger charge is 2.13. The van der Waals surface area contributed by atoms with Crippen molar-refractivity contribution >= 4 is 21.6 Å². The Morgan fingerprint density at radius 2 is 2.47 bits per heavy atom. The van der Waals surface area contributed by atoms with Gasteiger partial charge in [-0.15, -0.1) is 6.42 Å². The lowest BCUT2D eigenvalue weighted by Gasteiger charge is -2.18. The van der Waals surface area contributed by atoms with Gasteiger partial charge in [-0.2, -0.15) is 5.10 Å². The average molecular weight is 330 g/mol. The van der Waals surface area contributed by atoms with Gasteiger partial charge in [0.25, 0.3) is 5.56 Å². The van der Waals surface area contributed by atoms with Crippen LogP contribution >= 0.6 is 15.9 Å². The van der Waals surface area contributed by atoms with Crippen LogP contribution < -0.4 is 10.9 Å². The van der Waals surface area contributed by atoms with Gasteiger partial charge in [0, 0.05) is 13.7 Å². The molecule has 0 saturated carbocycles. The summed E-state index contributed by atoms with van der Waals surface area (Å²) in [6.07, 6.45) is 7.18. The molecule has 0 fully saturated rings. The molecule has 104 valence electrons. The number of halogens is 1. The first-order chi connectivity index (χ1) is 9.13. The summed E-state index contributed by atoms with van der Waals surface area (Å²) < 4.78 is 6.59. The van der Waals surface area contributed by atoms with Gasteiger partial charge in [-0.25, -0.2) is 4.68 Å². The Hall–Kier alpha value is -1.36. The van der Waals surface area contributed by atoms with Gasteiger partial charge in [-0.1, -0.05) is 5.92 Å². The lowest BCUT2D eigenvalue weighted by Crippen LogP contribution is -2.29. The SMILES string of the molecule is C#CCn1ncc(NC(CCO)COC)c(Br)c1=O. The molecule has 0 amide bonds.